The lowest BCUT2D eigenvalue weighted by Crippen LogP contribution is -2.04. The summed E-state index contributed by atoms with van der Waals surface area (Å²) in [5.41, 5.74) is 7.39. The first-order valence-corrected chi connectivity index (χ1v) is 20.6. The van der Waals surface area contributed by atoms with Gasteiger partial charge in [-0.3, -0.25) is 0 Å². The number of benzene rings is 9. The van der Waals surface area contributed by atoms with Gasteiger partial charge in [0.15, 0.2) is 23.1 Å². The molecule has 6 heteroatoms. The van der Waals surface area contributed by atoms with E-state index in [9.17, 15) is 0 Å². The quantitative estimate of drug-likeness (QED) is 0.179. The van der Waals surface area contributed by atoms with Crippen LogP contribution >= 0.6 is 11.3 Å². The first kappa shape index (κ1) is 32.4. The average Bonchev–Trinajstić information content (AvgIpc) is 3.96. The summed E-state index contributed by atoms with van der Waals surface area (Å²) in [4.78, 5) is 16.1. The third kappa shape index (κ3) is 4.87. The van der Waals surface area contributed by atoms with E-state index in [1.165, 1.54) is 36.3 Å². The average molecular weight is 771 g/mol. The van der Waals surface area contributed by atoms with Gasteiger partial charge >= 0.3 is 0 Å². The van der Waals surface area contributed by atoms with Crippen molar-refractivity contribution in [3.63, 3.8) is 0 Å². The first-order valence-electron chi connectivity index (χ1n) is 19.8. The van der Waals surface area contributed by atoms with Crippen LogP contribution in [-0.4, -0.2) is 19.5 Å². The number of nitrogens with zero attached hydrogens (tertiary/aromatic N) is 4. The van der Waals surface area contributed by atoms with Crippen LogP contribution in [-0.2, 0) is 0 Å². The van der Waals surface area contributed by atoms with Crippen LogP contribution < -0.4 is 0 Å². The molecule has 13 aromatic rings. The summed E-state index contributed by atoms with van der Waals surface area (Å²) < 4.78 is 11.7. The normalized spacial score (nSPS) is 12.1. The van der Waals surface area contributed by atoms with Crippen molar-refractivity contribution < 1.29 is 4.42 Å². The number of fused-ring (bicyclic) bond motifs is 11. The van der Waals surface area contributed by atoms with Gasteiger partial charge in [0.25, 0.3) is 0 Å². The minimum atomic E-state index is 0.568. The molecule has 0 saturated heterocycles. The maximum atomic E-state index is 6.93. The summed E-state index contributed by atoms with van der Waals surface area (Å²) in [5, 5.41) is 11.5. The largest absolute Gasteiger partial charge is 0.454 e. The Balaban J connectivity index is 1.15. The molecular formula is C53H30N4OS. The molecule has 4 aromatic heterocycles. The molecule has 0 N–H and O–H groups in total. The Bertz CT molecular complexity index is 3870. The van der Waals surface area contributed by atoms with Gasteiger partial charge in [0, 0.05) is 58.4 Å². The first-order chi connectivity index (χ1) is 29.2. The molecule has 0 unspecified atom stereocenters. The molecule has 9 aromatic carbocycles. The Morgan fingerprint density at radius 2 is 1.03 bits per heavy atom. The highest BCUT2D eigenvalue weighted by Crippen LogP contribution is 2.44. The lowest BCUT2D eigenvalue weighted by atomic mass is 10.0. The van der Waals surface area contributed by atoms with E-state index < -0.39 is 0 Å². The molecular weight excluding hydrogens is 741 g/mol. The van der Waals surface area contributed by atoms with E-state index in [-0.39, 0.29) is 0 Å². The van der Waals surface area contributed by atoms with E-state index in [2.05, 4.69) is 174 Å². The molecule has 59 heavy (non-hydrogen) atoms. The van der Waals surface area contributed by atoms with Crippen LogP contribution in [0.5, 0.6) is 0 Å². The molecule has 5 nitrogen and oxygen atoms in total. The summed E-state index contributed by atoms with van der Waals surface area (Å²) in [6.07, 6.45) is 0. The van der Waals surface area contributed by atoms with Gasteiger partial charge in [0.2, 0.25) is 0 Å². The summed E-state index contributed by atoms with van der Waals surface area (Å²) in [6.45, 7) is 0. The fourth-order valence-corrected chi connectivity index (χ4v) is 10.2. The van der Waals surface area contributed by atoms with Crippen LogP contribution in [0, 0.1) is 0 Å². The van der Waals surface area contributed by atoms with Gasteiger partial charge in [-0.1, -0.05) is 133 Å². The van der Waals surface area contributed by atoms with E-state index in [0.29, 0.717) is 17.5 Å². The van der Waals surface area contributed by atoms with E-state index in [4.69, 9.17) is 19.4 Å². The maximum absolute atomic E-state index is 6.93. The molecule has 0 amide bonds. The van der Waals surface area contributed by atoms with E-state index in [1.54, 1.807) is 11.3 Å². The molecule has 0 bridgehead atoms. The van der Waals surface area contributed by atoms with Gasteiger partial charge in [0.1, 0.15) is 11.3 Å². The van der Waals surface area contributed by atoms with Crippen LogP contribution in [0.4, 0.5) is 0 Å². The minimum absolute atomic E-state index is 0.568. The third-order valence-electron chi connectivity index (χ3n) is 11.8. The predicted molar refractivity (Wildman–Crippen MR) is 246 cm³/mol. The van der Waals surface area contributed by atoms with Crippen molar-refractivity contribution >= 4 is 96.8 Å². The zero-order valence-corrected chi connectivity index (χ0v) is 32.2. The van der Waals surface area contributed by atoms with Crippen molar-refractivity contribution in [1.82, 2.24) is 19.5 Å². The van der Waals surface area contributed by atoms with Crippen molar-refractivity contribution in [1.29, 1.82) is 0 Å². The summed E-state index contributed by atoms with van der Waals surface area (Å²) in [5.74, 6) is 1.79. The molecule has 0 atom stereocenters. The van der Waals surface area contributed by atoms with Gasteiger partial charge < -0.3 is 8.98 Å². The van der Waals surface area contributed by atoms with Gasteiger partial charge in [-0.2, -0.15) is 0 Å². The molecule has 0 fully saturated rings. The van der Waals surface area contributed by atoms with E-state index >= 15 is 0 Å². The van der Waals surface area contributed by atoms with Crippen LogP contribution in [0.15, 0.2) is 186 Å². The van der Waals surface area contributed by atoms with E-state index in [1.807, 2.05) is 12.1 Å². The van der Waals surface area contributed by atoms with Crippen molar-refractivity contribution in [3.8, 4) is 39.9 Å². The fraction of sp³-hybridized carbons (Fsp3) is 0. The number of aromatic nitrogens is 4. The van der Waals surface area contributed by atoms with Crippen molar-refractivity contribution in [2.75, 3.05) is 0 Å². The summed E-state index contributed by atoms with van der Waals surface area (Å²) in [7, 11) is 0. The molecule has 0 spiro atoms. The molecule has 0 aliphatic rings. The van der Waals surface area contributed by atoms with Crippen molar-refractivity contribution in [3.05, 3.63) is 182 Å². The van der Waals surface area contributed by atoms with Crippen LogP contribution in [0.2, 0.25) is 0 Å². The van der Waals surface area contributed by atoms with Crippen LogP contribution in [0.1, 0.15) is 0 Å². The SMILES string of the molecule is c1ccc2cc3c(cc2c1)c1ccccc1n3-c1c(-c2nc(-c3ccc4c(c3)sc3ccccc34)nc(-c3cccc4ccccc34)n2)ccc2c1oc1ccccc12. The monoisotopic (exact) mass is 770 g/mol. The number of furan rings is 1. The smallest absolute Gasteiger partial charge is 0.166 e. The minimum Gasteiger partial charge on any atom is -0.454 e. The number of hydrogen-bond donors (Lipinski definition) is 0. The Labute approximate surface area is 341 Å². The number of hydrogen-bond acceptors (Lipinski definition) is 5. The van der Waals surface area contributed by atoms with Crippen LogP contribution in [0.25, 0.3) is 125 Å². The second kappa shape index (κ2) is 12.4. The van der Waals surface area contributed by atoms with Crippen molar-refractivity contribution in [2.24, 2.45) is 0 Å². The third-order valence-corrected chi connectivity index (χ3v) is 13.0. The summed E-state index contributed by atoms with van der Waals surface area (Å²) in [6, 6.07) is 64.4. The highest BCUT2D eigenvalue weighted by atomic mass is 32.1. The Morgan fingerprint density at radius 1 is 0.390 bits per heavy atom. The van der Waals surface area contributed by atoms with Gasteiger partial charge in [-0.25, -0.2) is 15.0 Å². The van der Waals surface area contributed by atoms with Crippen LogP contribution in [0.3, 0.4) is 0 Å². The molecule has 0 aliphatic heterocycles. The maximum Gasteiger partial charge on any atom is 0.166 e. The molecule has 0 aliphatic carbocycles. The lowest BCUT2D eigenvalue weighted by Gasteiger charge is -2.16. The molecule has 274 valence electrons. The van der Waals surface area contributed by atoms with E-state index in [0.717, 1.165) is 71.5 Å². The highest BCUT2D eigenvalue weighted by Gasteiger charge is 2.25. The standard InChI is InChI=1S/C53H30N4OS/c1-2-14-33-29-45-43(28-32(33)13-1)36-17-5-8-21-44(36)57(45)49-42(27-26-40-37-18-6-9-22-46(37)58-50(40)49)53-55-51(34-24-25-39-38-19-7-10-23-47(38)59-48(39)30-34)54-52(56-53)41-20-11-15-31-12-3-4-16-35(31)41/h1-30H. The topological polar surface area (TPSA) is 56.7 Å². The van der Waals surface area contributed by atoms with Crippen molar-refractivity contribution in [2.45, 2.75) is 0 Å². The highest BCUT2D eigenvalue weighted by molar-refractivity contribution is 7.25. The second-order valence-electron chi connectivity index (χ2n) is 15.1. The second-order valence-corrected chi connectivity index (χ2v) is 16.2. The summed E-state index contributed by atoms with van der Waals surface area (Å²) >= 11 is 1.79. The zero-order chi connectivity index (χ0) is 38.6. The number of rotatable bonds is 4. The van der Waals surface area contributed by atoms with Gasteiger partial charge in [-0.05, 0) is 70.1 Å². The molecule has 4 heterocycles. The Kier molecular flexibility index (Phi) is 6.82. The lowest BCUT2D eigenvalue weighted by molar-refractivity contribution is 0.666. The molecule has 0 saturated carbocycles. The van der Waals surface area contributed by atoms with Gasteiger partial charge in [-0.15, -0.1) is 11.3 Å². The predicted octanol–water partition coefficient (Wildman–Crippen LogP) is 14.5. The Hall–Kier alpha value is -7.67. The van der Waals surface area contributed by atoms with Gasteiger partial charge in [0.05, 0.1) is 11.0 Å². The molecule has 0 radical (unpaired) electrons. The molecule has 13 rings (SSSR count). The zero-order valence-electron chi connectivity index (χ0n) is 31.4. The fourth-order valence-electron chi connectivity index (χ4n) is 9.10. The number of para-hydroxylation sites is 2. The number of thiophene rings is 1. The Morgan fingerprint density at radius 3 is 1.92 bits per heavy atom.